The van der Waals surface area contributed by atoms with E-state index in [2.05, 4.69) is 10.3 Å². The van der Waals surface area contributed by atoms with Crippen molar-refractivity contribution >= 4 is 29.3 Å². The Kier molecular flexibility index (Phi) is 5.99. The molecule has 1 fully saturated rings. The molecule has 0 saturated carbocycles. The quantitative estimate of drug-likeness (QED) is 0.432. The number of aromatic nitrogens is 3. The minimum absolute atomic E-state index is 0.113. The number of nitrogens with zero attached hydrogens (tertiary/aromatic N) is 4. The highest BCUT2D eigenvalue weighted by Gasteiger charge is 2.21. The number of para-hydroxylation sites is 1. The number of hydrogen-bond acceptors (Lipinski definition) is 4. The van der Waals surface area contributed by atoms with Gasteiger partial charge in [0.15, 0.2) is 0 Å². The highest BCUT2D eigenvalue weighted by Crippen LogP contribution is 2.26. The highest BCUT2D eigenvalue weighted by molar-refractivity contribution is 6.03. The molecule has 0 aliphatic carbocycles. The van der Waals surface area contributed by atoms with E-state index in [9.17, 15) is 9.59 Å². The monoisotopic (exact) mass is 449 g/mol. The Morgan fingerprint density at radius 1 is 1.00 bits per heavy atom. The molecule has 7 nitrogen and oxygen atoms in total. The third kappa shape index (κ3) is 4.63. The summed E-state index contributed by atoms with van der Waals surface area (Å²) >= 11 is 0. The first-order chi connectivity index (χ1) is 16.7. The van der Waals surface area contributed by atoms with Crippen LogP contribution in [0.5, 0.6) is 0 Å². The number of carbonyl (C=O) groups is 2. The Morgan fingerprint density at radius 3 is 2.62 bits per heavy atom. The Bertz CT molecular complexity index is 1350. The molecule has 0 unspecified atom stereocenters. The van der Waals surface area contributed by atoms with Crippen LogP contribution in [0.1, 0.15) is 18.4 Å². The van der Waals surface area contributed by atoms with Crippen molar-refractivity contribution in [1.82, 2.24) is 14.8 Å². The molecule has 1 saturated heterocycles. The van der Waals surface area contributed by atoms with Gasteiger partial charge >= 0.3 is 0 Å². The summed E-state index contributed by atoms with van der Waals surface area (Å²) in [5.41, 5.74) is 4.75. The fourth-order valence-electron chi connectivity index (χ4n) is 3.97. The van der Waals surface area contributed by atoms with Gasteiger partial charge in [0, 0.05) is 60.1 Å². The van der Waals surface area contributed by atoms with Crippen LogP contribution in [-0.4, -0.2) is 33.1 Å². The first kappa shape index (κ1) is 21.3. The lowest BCUT2D eigenvalue weighted by molar-refractivity contribution is -0.117. The molecule has 3 heterocycles. The van der Waals surface area contributed by atoms with E-state index in [4.69, 9.17) is 5.10 Å². The molecule has 2 aromatic heterocycles. The molecule has 1 N–H and O–H groups in total. The fraction of sp³-hybridized carbons (Fsp3) is 0.111. The van der Waals surface area contributed by atoms with E-state index in [1.807, 2.05) is 72.9 Å². The van der Waals surface area contributed by atoms with E-state index >= 15 is 0 Å². The maximum absolute atomic E-state index is 12.7. The smallest absolute Gasteiger partial charge is 0.248 e. The van der Waals surface area contributed by atoms with Crippen LogP contribution in [0.3, 0.4) is 0 Å². The molecule has 34 heavy (non-hydrogen) atoms. The summed E-state index contributed by atoms with van der Waals surface area (Å²) in [5.74, 6) is -0.156. The zero-order valence-electron chi connectivity index (χ0n) is 18.5. The van der Waals surface area contributed by atoms with Crippen LogP contribution < -0.4 is 10.2 Å². The van der Waals surface area contributed by atoms with Crippen LogP contribution in [0.15, 0.2) is 91.4 Å². The molecule has 7 heteroatoms. The van der Waals surface area contributed by atoms with Gasteiger partial charge in [-0.1, -0.05) is 24.3 Å². The molecule has 4 aromatic rings. The molecule has 2 aromatic carbocycles. The topological polar surface area (TPSA) is 80.1 Å². The Balaban J connectivity index is 1.38. The van der Waals surface area contributed by atoms with E-state index in [0.29, 0.717) is 18.7 Å². The van der Waals surface area contributed by atoms with E-state index < -0.39 is 0 Å². The van der Waals surface area contributed by atoms with Crippen LogP contribution in [0.25, 0.3) is 23.0 Å². The van der Waals surface area contributed by atoms with Crippen molar-refractivity contribution in [2.75, 3.05) is 16.8 Å². The number of benzene rings is 2. The summed E-state index contributed by atoms with van der Waals surface area (Å²) in [5, 5.41) is 7.62. The lowest BCUT2D eigenvalue weighted by Gasteiger charge is -2.16. The summed E-state index contributed by atoms with van der Waals surface area (Å²) in [6.07, 6.45) is 10.0. The molecule has 5 rings (SSSR count). The van der Waals surface area contributed by atoms with Crippen molar-refractivity contribution < 1.29 is 9.59 Å². The Hall–Kier alpha value is -4.52. The van der Waals surface area contributed by atoms with Crippen molar-refractivity contribution in [3.63, 3.8) is 0 Å². The van der Waals surface area contributed by atoms with Crippen LogP contribution in [-0.2, 0) is 9.59 Å². The van der Waals surface area contributed by atoms with Crippen molar-refractivity contribution in [2.45, 2.75) is 12.8 Å². The SMILES string of the molecule is O=C(/C=C/c1cn(-c2ccccc2)nc1-c1cccnc1)Nc1cccc(N2CCCC2=O)c1. The molecule has 1 aliphatic rings. The second kappa shape index (κ2) is 9.54. The molecule has 1 aliphatic heterocycles. The number of amides is 2. The van der Waals surface area contributed by atoms with Gasteiger partial charge in [-0.15, -0.1) is 0 Å². The second-order valence-corrected chi connectivity index (χ2v) is 7.98. The molecule has 0 radical (unpaired) electrons. The number of carbonyl (C=O) groups excluding carboxylic acids is 2. The van der Waals surface area contributed by atoms with Gasteiger partial charge in [0.1, 0.15) is 5.69 Å². The van der Waals surface area contributed by atoms with Crippen LogP contribution in [0.2, 0.25) is 0 Å². The molecule has 168 valence electrons. The van der Waals surface area contributed by atoms with E-state index in [1.54, 1.807) is 28.1 Å². The molecule has 2 amide bonds. The normalized spacial score (nSPS) is 13.5. The summed E-state index contributed by atoms with van der Waals surface area (Å²) in [6.45, 7) is 0.707. The zero-order valence-corrected chi connectivity index (χ0v) is 18.5. The van der Waals surface area contributed by atoms with E-state index in [1.165, 1.54) is 6.08 Å². The van der Waals surface area contributed by atoms with Gasteiger partial charge in [0.25, 0.3) is 0 Å². The molecule has 0 spiro atoms. The number of pyridine rings is 1. The zero-order chi connectivity index (χ0) is 23.3. The van der Waals surface area contributed by atoms with Crippen molar-refractivity contribution in [3.05, 3.63) is 97.0 Å². The summed E-state index contributed by atoms with van der Waals surface area (Å²) in [7, 11) is 0. The van der Waals surface area contributed by atoms with Gasteiger partial charge in [-0.2, -0.15) is 5.10 Å². The van der Waals surface area contributed by atoms with Crippen molar-refractivity contribution in [2.24, 2.45) is 0 Å². The number of nitrogens with one attached hydrogen (secondary N) is 1. The average Bonchev–Trinajstić information content (AvgIpc) is 3.50. The highest BCUT2D eigenvalue weighted by atomic mass is 16.2. The number of hydrogen-bond donors (Lipinski definition) is 1. The summed E-state index contributed by atoms with van der Waals surface area (Å²) in [4.78, 5) is 30.7. The van der Waals surface area contributed by atoms with Gasteiger partial charge < -0.3 is 10.2 Å². The van der Waals surface area contributed by atoms with Gasteiger partial charge in [0.05, 0.1) is 5.69 Å². The molecule has 0 bridgehead atoms. The summed E-state index contributed by atoms with van der Waals surface area (Å²) < 4.78 is 1.79. The first-order valence-corrected chi connectivity index (χ1v) is 11.1. The van der Waals surface area contributed by atoms with E-state index in [0.717, 1.165) is 34.6 Å². The van der Waals surface area contributed by atoms with Crippen LogP contribution in [0, 0.1) is 0 Å². The molecular weight excluding hydrogens is 426 g/mol. The van der Waals surface area contributed by atoms with Crippen molar-refractivity contribution in [1.29, 1.82) is 0 Å². The maximum Gasteiger partial charge on any atom is 0.248 e. The second-order valence-electron chi connectivity index (χ2n) is 7.98. The fourth-order valence-corrected chi connectivity index (χ4v) is 3.97. The largest absolute Gasteiger partial charge is 0.322 e. The number of anilines is 2. The van der Waals surface area contributed by atoms with Crippen LogP contribution in [0.4, 0.5) is 11.4 Å². The minimum atomic E-state index is -0.269. The lowest BCUT2D eigenvalue weighted by Crippen LogP contribution is -2.23. The maximum atomic E-state index is 12.7. The van der Waals surface area contributed by atoms with Crippen LogP contribution >= 0.6 is 0 Å². The molecular formula is C27H23N5O2. The first-order valence-electron chi connectivity index (χ1n) is 11.1. The molecule has 0 atom stereocenters. The Morgan fingerprint density at radius 2 is 1.85 bits per heavy atom. The predicted octanol–water partition coefficient (Wildman–Crippen LogP) is 4.71. The minimum Gasteiger partial charge on any atom is -0.322 e. The van der Waals surface area contributed by atoms with Gasteiger partial charge in [-0.3, -0.25) is 14.6 Å². The number of rotatable bonds is 6. The third-order valence-corrected chi connectivity index (χ3v) is 5.61. The van der Waals surface area contributed by atoms with Gasteiger partial charge in [-0.05, 0) is 55.0 Å². The lowest BCUT2D eigenvalue weighted by atomic mass is 10.1. The van der Waals surface area contributed by atoms with Gasteiger partial charge in [-0.25, -0.2) is 4.68 Å². The summed E-state index contributed by atoms with van der Waals surface area (Å²) in [6, 6.07) is 20.9. The Labute approximate surface area is 197 Å². The van der Waals surface area contributed by atoms with E-state index in [-0.39, 0.29) is 11.8 Å². The third-order valence-electron chi connectivity index (χ3n) is 5.61. The van der Waals surface area contributed by atoms with Crippen molar-refractivity contribution in [3.8, 4) is 16.9 Å². The van der Waals surface area contributed by atoms with Gasteiger partial charge in [0.2, 0.25) is 11.8 Å². The average molecular weight is 450 g/mol. The standard InChI is InChI=1S/C27H23N5O2/c33-25(29-22-8-4-11-24(17-22)31-16-6-12-26(31)34)14-13-21-19-32(23-9-2-1-3-10-23)30-27(21)20-7-5-15-28-18-20/h1-5,7-11,13-15,17-19H,6,12,16H2,(H,29,33)/b14-13+. The predicted molar refractivity (Wildman–Crippen MR) is 132 cm³/mol.